The Hall–Kier alpha value is -4.35. The van der Waals surface area contributed by atoms with Gasteiger partial charge in [-0.1, -0.05) is 71.9 Å². The number of aromatic nitrogens is 3. The zero-order valence-corrected chi connectivity index (χ0v) is 24.6. The molecule has 0 unspecified atom stereocenters. The molecule has 5 rings (SSSR count). The molecular weight excluding hydrogens is 599 g/mol. The monoisotopic (exact) mass is 623 g/mol. The summed E-state index contributed by atoms with van der Waals surface area (Å²) in [5.41, 5.74) is 2.11. The summed E-state index contributed by atoms with van der Waals surface area (Å²) in [4.78, 5) is 26.0. The molecule has 43 heavy (non-hydrogen) atoms. The predicted molar refractivity (Wildman–Crippen MR) is 162 cm³/mol. The molecule has 2 amide bonds. The van der Waals surface area contributed by atoms with Crippen LogP contribution in [0.3, 0.4) is 0 Å². The molecule has 220 valence electrons. The van der Waals surface area contributed by atoms with Gasteiger partial charge >= 0.3 is 6.18 Å². The van der Waals surface area contributed by atoms with Crippen LogP contribution in [0, 0.1) is 13.8 Å². The summed E-state index contributed by atoms with van der Waals surface area (Å²) in [6.45, 7) is 3.91. The van der Waals surface area contributed by atoms with Crippen LogP contribution >= 0.6 is 23.4 Å². The second kappa shape index (κ2) is 12.5. The highest BCUT2D eigenvalue weighted by atomic mass is 35.5. The van der Waals surface area contributed by atoms with Crippen molar-refractivity contribution in [3.63, 3.8) is 0 Å². The second-order valence-corrected chi connectivity index (χ2v) is 11.1. The topological polar surface area (TPSA) is 88.9 Å². The van der Waals surface area contributed by atoms with Gasteiger partial charge in [-0.15, -0.1) is 10.2 Å². The Labute approximate surface area is 254 Å². The van der Waals surface area contributed by atoms with Gasteiger partial charge in [0.05, 0.1) is 34.3 Å². The molecule has 1 aromatic heterocycles. The minimum absolute atomic E-state index is 0.0193. The van der Waals surface area contributed by atoms with Crippen LogP contribution in [0.5, 0.6) is 0 Å². The van der Waals surface area contributed by atoms with E-state index in [9.17, 15) is 22.8 Å². The lowest BCUT2D eigenvalue weighted by Crippen LogP contribution is -2.25. The molecule has 0 spiro atoms. The maximum atomic E-state index is 13.2. The fourth-order valence-electron chi connectivity index (χ4n) is 4.50. The van der Waals surface area contributed by atoms with Crippen LogP contribution in [0.1, 0.15) is 32.9 Å². The summed E-state index contributed by atoms with van der Waals surface area (Å²) in [5, 5.41) is 16.1. The third-order valence-electron chi connectivity index (χ3n) is 6.65. The first kappa shape index (κ1) is 30.1. The predicted octanol–water partition coefficient (Wildman–Crippen LogP) is 7.37. The zero-order chi connectivity index (χ0) is 30.7. The molecule has 0 atom stereocenters. The average Bonchev–Trinajstić information content (AvgIpc) is 3.38. The molecule has 0 saturated heterocycles. The summed E-state index contributed by atoms with van der Waals surface area (Å²) in [7, 11) is 0. The standard InChI is InChI=1S/C31H25ClF3N5O2S/c1-18-10-11-19(2)26(14-18)40-27(16-36-29(42)23-9-5-7-20-6-3-4-8-22(20)23)38-39-30(40)43-17-28(41)37-25-15-21(31(33,34)35)12-13-24(25)32/h3-15H,16-17H2,1-2H3,(H,36,42)(H,37,41). The van der Waals surface area contributed by atoms with E-state index in [0.29, 0.717) is 16.5 Å². The van der Waals surface area contributed by atoms with Gasteiger partial charge in [-0.3, -0.25) is 14.2 Å². The number of thioether (sulfide) groups is 1. The van der Waals surface area contributed by atoms with Gasteiger partial charge in [0.2, 0.25) is 5.91 Å². The van der Waals surface area contributed by atoms with Crippen molar-refractivity contribution in [2.24, 2.45) is 0 Å². The van der Waals surface area contributed by atoms with Gasteiger partial charge in [0, 0.05) is 5.56 Å². The van der Waals surface area contributed by atoms with Crippen LogP contribution in [0.4, 0.5) is 18.9 Å². The first-order chi connectivity index (χ1) is 20.5. The van der Waals surface area contributed by atoms with E-state index in [1.54, 1.807) is 10.6 Å². The molecule has 4 aromatic carbocycles. The first-order valence-corrected chi connectivity index (χ1v) is 14.4. The van der Waals surface area contributed by atoms with E-state index in [1.807, 2.05) is 68.4 Å². The number of nitrogens with one attached hydrogen (secondary N) is 2. The molecule has 12 heteroatoms. The zero-order valence-electron chi connectivity index (χ0n) is 23.0. The Kier molecular flexibility index (Phi) is 8.74. The van der Waals surface area contributed by atoms with Gasteiger partial charge in [-0.25, -0.2) is 0 Å². The lowest BCUT2D eigenvalue weighted by molar-refractivity contribution is -0.137. The van der Waals surface area contributed by atoms with Gasteiger partial charge in [-0.2, -0.15) is 13.2 Å². The summed E-state index contributed by atoms with van der Waals surface area (Å²) in [6.07, 6.45) is -4.58. The van der Waals surface area contributed by atoms with Crippen LogP contribution in [0.2, 0.25) is 5.02 Å². The summed E-state index contributed by atoms with van der Waals surface area (Å²) in [6, 6.07) is 21.7. The van der Waals surface area contributed by atoms with Gasteiger partial charge < -0.3 is 10.6 Å². The molecule has 5 aromatic rings. The fourth-order valence-corrected chi connectivity index (χ4v) is 5.43. The summed E-state index contributed by atoms with van der Waals surface area (Å²) >= 11 is 7.09. The lowest BCUT2D eigenvalue weighted by atomic mass is 10.0. The van der Waals surface area contributed by atoms with E-state index in [-0.39, 0.29) is 28.9 Å². The van der Waals surface area contributed by atoms with E-state index in [4.69, 9.17) is 11.6 Å². The van der Waals surface area contributed by atoms with E-state index in [1.165, 1.54) is 0 Å². The molecule has 1 heterocycles. The van der Waals surface area contributed by atoms with Crippen LogP contribution in [-0.4, -0.2) is 32.3 Å². The normalized spacial score (nSPS) is 11.5. The number of amides is 2. The third kappa shape index (κ3) is 6.84. The number of nitrogens with zero attached hydrogens (tertiary/aromatic N) is 3. The number of halogens is 4. The van der Waals surface area contributed by atoms with Crippen molar-refractivity contribution in [2.45, 2.75) is 31.7 Å². The van der Waals surface area contributed by atoms with Crippen molar-refractivity contribution in [3.05, 3.63) is 112 Å². The van der Waals surface area contributed by atoms with E-state index < -0.39 is 17.6 Å². The SMILES string of the molecule is Cc1ccc(C)c(-n2c(CNC(=O)c3cccc4ccccc34)nnc2SCC(=O)Nc2cc(C(F)(F)F)ccc2Cl)c1. The average molecular weight is 624 g/mol. The fraction of sp³-hybridized carbons (Fsp3) is 0.161. The van der Waals surface area contributed by atoms with Gasteiger partial charge in [0.15, 0.2) is 11.0 Å². The van der Waals surface area contributed by atoms with Crippen molar-refractivity contribution in [2.75, 3.05) is 11.1 Å². The smallest absolute Gasteiger partial charge is 0.345 e. The van der Waals surface area contributed by atoms with Crippen LogP contribution < -0.4 is 10.6 Å². The molecule has 0 aliphatic carbocycles. The van der Waals surface area contributed by atoms with Crippen molar-refractivity contribution in [3.8, 4) is 5.69 Å². The second-order valence-electron chi connectivity index (χ2n) is 9.76. The van der Waals surface area contributed by atoms with Crippen LogP contribution in [-0.2, 0) is 17.5 Å². The van der Waals surface area contributed by atoms with Crippen molar-refractivity contribution < 1.29 is 22.8 Å². The quantitative estimate of drug-likeness (QED) is 0.176. The number of fused-ring (bicyclic) bond motifs is 1. The number of alkyl halides is 3. The molecule has 0 aliphatic heterocycles. The Morgan fingerprint density at radius 2 is 1.72 bits per heavy atom. The number of hydrogen-bond donors (Lipinski definition) is 2. The molecule has 0 saturated carbocycles. The number of rotatable bonds is 8. The molecule has 0 radical (unpaired) electrons. The van der Waals surface area contributed by atoms with E-state index >= 15 is 0 Å². The molecule has 2 N–H and O–H groups in total. The molecule has 0 aliphatic rings. The highest BCUT2D eigenvalue weighted by Crippen LogP contribution is 2.34. The maximum absolute atomic E-state index is 13.2. The van der Waals surface area contributed by atoms with E-state index in [2.05, 4.69) is 20.8 Å². The number of carbonyl (C=O) groups is 2. The van der Waals surface area contributed by atoms with Gasteiger partial charge in [0.25, 0.3) is 5.91 Å². The molecule has 0 fully saturated rings. The minimum Gasteiger partial charge on any atom is -0.345 e. The summed E-state index contributed by atoms with van der Waals surface area (Å²) < 4.78 is 41.2. The Morgan fingerprint density at radius 1 is 0.953 bits per heavy atom. The van der Waals surface area contributed by atoms with Crippen molar-refractivity contribution >= 4 is 51.6 Å². The van der Waals surface area contributed by atoms with Crippen LogP contribution in [0.25, 0.3) is 16.5 Å². The highest BCUT2D eigenvalue weighted by molar-refractivity contribution is 7.99. The summed E-state index contributed by atoms with van der Waals surface area (Å²) in [5.74, 6) is -0.602. The first-order valence-electron chi connectivity index (χ1n) is 13.1. The minimum atomic E-state index is -4.58. The third-order valence-corrected chi connectivity index (χ3v) is 7.91. The Balaban J connectivity index is 1.37. The van der Waals surface area contributed by atoms with Crippen LogP contribution in [0.15, 0.2) is 84.0 Å². The number of benzene rings is 4. The molecule has 7 nitrogen and oxygen atoms in total. The molecular formula is C31H25ClF3N5O2S. The highest BCUT2D eigenvalue weighted by Gasteiger charge is 2.31. The van der Waals surface area contributed by atoms with Crippen molar-refractivity contribution in [1.82, 2.24) is 20.1 Å². The number of hydrogen-bond acceptors (Lipinski definition) is 5. The molecule has 0 bridgehead atoms. The lowest BCUT2D eigenvalue weighted by Gasteiger charge is -2.15. The van der Waals surface area contributed by atoms with Crippen molar-refractivity contribution in [1.29, 1.82) is 0 Å². The number of carbonyl (C=O) groups excluding carboxylic acids is 2. The number of aryl methyl sites for hydroxylation is 2. The van der Waals surface area contributed by atoms with E-state index in [0.717, 1.165) is 57.5 Å². The Bertz CT molecular complexity index is 1840. The maximum Gasteiger partial charge on any atom is 0.416 e. The van der Waals surface area contributed by atoms with Gasteiger partial charge in [-0.05, 0) is 66.1 Å². The largest absolute Gasteiger partial charge is 0.416 e. The van der Waals surface area contributed by atoms with Gasteiger partial charge in [0.1, 0.15) is 0 Å². The number of anilines is 1. The Morgan fingerprint density at radius 3 is 2.51 bits per heavy atom.